The summed E-state index contributed by atoms with van der Waals surface area (Å²) in [5, 5.41) is 0. The molecule has 0 bridgehead atoms. The van der Waals surface area contributed by atoms with E-state index in [1.54, 1.807) is 0 Å². The molecule has 2 saturated heterocycles. The first-order chi connectivity index (χ1) is 5.36. The number of rotatable bonds is 1. The van der Waals surface area contributed by atoms with Gasteiger partial charge < -0.3 is 9.64 Å². The highest BCUT2D eigenvalue weighted by atomic mass is 16.5. The molecule has 64 valence electrons. The summed E-state index contributed by atoms with van der Waals surface area (Å²) in [6, 6.07) is 0. The first-order valence-corrected chi connectivity index (χ1v) is 4.60. The Balaban J connectivity index is 1.76. The van der Waals surface area contributed by atoms with Gasteiger partial charge in [-0.1, -0.05) is 0 Å². The Hall–Kier alpha value is -0.0800. The van der Waals surface area contributed by atoms with Crippen LogP contribution in [0.4, 0.5) is 0 Å². The van der Waals surface area contributed by atoms with Gasteiger partial charge >= 0.3 is 0 Å². The summed E-state index contributed by atoms with van der Waals surface area (Å²) in [4.78, 5) is 1.46. The maximum Gasteiger partial charge on any atom is 0.0615 e. The Morgan fingerprint density at radius 1 is 1.09 bits per heavy atom. The normalized spacial score (nSPS) is 40.1. The third kappa shape index (κ3) is 1.57. The molecule has 2 heteroatoms. The maximum atomic E-state index is 5.32. The number of hydrogen-bond acceptors (Lipinski definition) is 1. The monoisotopic (exact) mass is 155 g/mol. The van der Waals surface area contributed by atoms with Gasteiger partial charge in [0.2, 0.25) is 0 Å². The molecule has 0 aromatic rings. The summed E-state index contributed by atoms with van der Waals surface area (Å²) in [6.45, 7) is 4.58. The Morgan fingerprint density at radius 2 is 1.73 bits per heavy atom. The van der Waals surface area contributed by atoms with Crippen LogP contribution in [0.3, 0.4) is 0 Å². The molecule has 11 heavy (non-hydrogen) atoms. The predicted octanol–water partition coefficient (Wildman–Crippen LogP) is -0.281. The Bertz CT molecular complexity index is 126. The highest BCUT2D eigenvalue weighted by molar-refractivity contribution is 4.75. The van der Waals surface area contributed by atoms with Crippen LogP contribution < -0.4 is 4.90 Å². The first kappa shape index (κ1) is 7.56. The van der Waals surface area contributed by atoms with Crippen LogP contribution in [0.2, 0.25) is 0 Å². The lowest BCUT2D eigenvalue weighted by Crippen LogP contribution is -3.16. The van der Waals surface area contributed by atoms with Crippen molar-refractivity contribution in [3.05, 3.63) is 7.05 Å². The topological polar surface area (TPSA) is 13.7 Å². The standard InChI is InChI=1S/C9H17NO/c1-10-6-9(7-10)8-2-4-11-5-3-8/h8-10H,1-7H2. The largest absolute Gasteiger partial charge is 0.467 e. The van der Waals surface area contributed by atoms with Crippen LogP contribution >= 0.6 is 0 Å². The molecule has 2 nitrogen and oxygen atoms in total. The fourth-order valence-corrected chi connectivity index (χ4v) is 2.20. The Morgan fingerprint density at radius 3 is 2.27 bits per heavy atom. The van der Waals surface area contributed by atoms with Crippen molar-refractivity contribution in [1.29, 1.82) is 0 Å². The Kier molecular flexibility index (Phi) is 2.14. The minimum absolute atomic E-state index is 0.953. The quantitative estimate of drug-likeness (QED) is 0.514. The number of nitrogens with one attached hydrogen (secondary N) is 1. The summed E-state index contributed by atoms with van der Waals surface area (Å²) in [7, 11) is 3.97. The average molecular weight is 155 g/mol. The van der Waals surface area contributed by atoms with E-state index in [9.17, 15) is 0 Å². The lowest BCUT2D eigenvalue weighted by Gasteiger charge is -2.43. The van der Waals surface area contributed by atoms with Crippen LogP contribution in [-0.4, -0.2) is 26.3 Å². The van der Waals surface area contributed by atoms with Crippen molar-refractivity contribution in [3.8, 4) is 0 Å². The number of quaternary nitrogens is 1. The number of hydrogen-bond donors (Lipinski definition) is 1. The SMILES string of the molecule is [CH2-][NH+]1CC(C2CCOCC2)C1. The smallest absolute Gasteiger partial charge is 0.0615 e. The van der Waals surface area contributed by atoms with Gasteiger partial charge in [-0.05, 0) is 18.8 Å². The molecule has 0 aromatic heterocycles. The van der Waals surface area contributed by atoms with Crippen LogP contribution in [0.5, 0.6) is 0 Å². The van der Waals surface area contributed by atoms with Gasteiger partial charge in [0.25, 0.3) is 0 Å². The second kappa shape index (κ2) is 3.11. The fourth-order valence-electron chi connectivity index (χ4n) is 2.20. The highest BCUT2D eigenvalue weighted by Crippen LogP contribution is 2.24. The molecule has 0 spiro atoms. The molecule has 0 unspecified atom stereocenters. The summed E-state index contributed by atoms with van der Waals surface area (Å²) < 4.78 is 5.32. The molecule has 2 heterocycles. The van der Waals surface area contributed by atoms with E-state index in [-0.39, 0.29) is 0 Å². The number of ether oxygens (including phenoxy) is 1. The predicted molar refractivity (Wildman–Crippen MR) is 43.1 cm³/mol. The van der Waals surface area contributed by atoms with Gasteiger partial charge in [-0.15, -0.1) is 0 Å². The minimum Gasteiger partial charge on any atom is -0.467 e. The van der Waals surface area contributed by atoms with E-state index < -0.39 is 0 Å². The maximum absolute atomic E-state index is 5.32. The molecule has 0 aromatic carbocycles. The molecule has 0 amide bonds. The van der Waals surface area contributed by atoms with E-state index in [2.05, 4.69) is 7.05 Å². The highest BCUT2D eigenvalue weighted by Gasteiger charge is 2.33. The van der Waals surface area contributed by atoms with Crippen LogP contribution in [-0.2, 0) is 4.74 Å². The van der Waals surface area contributed by atoms with Gasteiger partial charge in [-0.3, -0.25) is 0 Å². The van der Waals surface area contributed by atoms with E-state index in [4.69, 9.17) is 4.74 Å². The lowest BCUT2D eigenvalue weighted by atomic mass is 9.81. The van der Waals surface area contributed by atoms with E-state index in [0.29, 0.717) is 0 Å². The summed E-state index contributed by atoms with van der Waals surface area (Å²) in [5.74, 6) is 1.92. The molecule has 0 aliphatic carbocycles. The molecule has 0 radical (unpaired) electrons. The Labute approximate surface area is 68.5 Å². The van der Waals surface area contributed by atoms with Crippen LogP contribution in [0.1, 0.15) is 12.8 Å². The molecule has 2 aliphatic rings. The molecule has 2 rings (SSSR count). The van der Waals surface area contributed by atoms with E-state index >= 15 is 0 Å². The minimum atomic E-state index is 0.953. The zero-order chi connectivity index (χ0) is 7.68. The lowest BCUT2D eigenvalue weighted by molar-refractivity contribution is -0.909. The second-order valence-corrected chi connectivity index (χ2v) is 3.87. The van der Waals surface area contributed by atoms with Gasteiger partial charge in [0.1, 0.15) is 0 Å². The molecule has 0 atom stereocenters. The van der Waals surface area contributed by atoms with Gasteiger partial charge in [0.05, 0.1) is 19.0 Å². The molecule has 0 saturated carbocycles. The molecule has 2 fully saturated rings. The van der Waals surface area contributed by atoms with Crippen molar-refractivity contribution >= 4 is 0 Å². The zero-order valence-electron chi connectivity index (χ0n) is 7.01. The van der Waals surface area contributed by atoms with Crippen molar-refractivity contribution in [2.75, 3.05) is 26.3 Å². The summed E-state index contributed by atoms with van der Waals surface area (Å²) in [5.41, 5.74) is 0. The first-order valence-electron chi connectivity index (χ1n) is 4.60. The van der Waals surface area contributed by atoms with Crippen LogP contribution in [0.15, 0.2) is 0 Å². The van der Waals surface area contributed by atoms with E-state index in [1.807, 2.05) is 0 Å². The third-order valence-corrected chi connectivity index (χ3v) is 3.03. The van der Waals surface area contributed by atoms with Gasteiger partial charge in [-0.2, -0.15) is 7.05 Å². The number of likely N-dealkylation sites (tertiary alicyclic amines) is 1. The second-order valence-electron chi connectivity index (χ2n) is 3.87. The molecule has 2 aliphatic heterocycles. The fraction of sp³-hybridized carbons (Fsp3) is 0.889. The van der Waals surface area contributed by atoms with Crippen molar-refractivity contribution in [1.82, 2.24) is 0 Å². The third-order valence-electron chi connectivity index (χ3n) is 3.03. The van der Waals surface area contributed by atoms with Crippen LogP contribution in [0.25, 0.3) is 0 Å². The summed E-state index contributed by atoms with van der Waals surface area (Å²) >= 11 is 0. The molecular weight excluding hydrogens is 138 g/mol. The van der Waals surface area contributed by atoms with Gasteiger partial charge in [0.15, 0.2) is 0 Å². The molecular formula is C9H17NO. The van der Waals surface area contributed by atoms with E-state index in [1.165, 1.54) is 30.8 Å². The van der Waals surface area contributed by atoms with Crippen molar-refractivity contribution in [3.63, 3.8) is 0 Å². The van der Waals surface area contributed by atoms with Gasteiger partial charge in [0, 0.05) is 13.2 Å². The van der Waals surface area contributed by atoms with Crippen molar-refractivity contribution in [2.45, 2.75) is 12.8 Å². The van der Waals surface area contributed by atoms with Crippen molar-refractivity contribution < 1.29 is 9.64 Å². The average Bonchev–Trinajstić information content (AvgIpc) is 2.01. The summed E-state index contributed by atoms with van der Waals surface area (Å²) in [6.07, 6.45) is 2.58. The molecule has 1 N–H and O–H groups in total. The van der Waals surface area contributed by atoms with Crippen molar-refractivity contribution in [2.24, 2.45) is 11.8 Å². The zero-order valence-corrected chi connectivity index (χ0v) is 7.01. The van der Waals surface area contributed by atoms with Gasteiger partial charge in [-0.25, -0.2) is 0 Å². The van der Waals surface area contributed by atoms with Crippen LogP contribution in [0, 0.1) is 18.9 Å². The van der Waals surface area contributed by atoms with E-state index in [0.717, 1.165) is 25.0 Å².